The van der Waals surface area contributed by atoms with Gasteiger partial charge in [0.2, 0.25) is 10.0 Å². The Balaban J connectivity index is 1.67. The van der Waals surface area contributed by atoms with Gasteiger partial charge in [-0.1, -0.05) is 12.1 Å². The van der Waals surface area contributed by atoms with Gasteiger partial charge in [0.25, 0.3) is 0 Å². The van der Waals surface area contributed by atoms with E-state index >= 15 is 0 Å². The van der Waals surface area contributed by atoms with Crippen molar-refractivity contribution >= 4 is 10.0 Å². The van der Waals surface area contributed by atoms with Crippen LogP contribution in [0.4, 0.5) is 4.39 Å². The van der Waals surface area contributed by atoms with Crippen LogP contribution in [0.5, 0.6) is 11.5 Å². The van der Waals surface area contributed by atoms with Crippen LogP contribution in [0.2, 0.25) is 0 Å². The summed E-state index contributed by atoms with van der Waals surface area (Å²) in [5.41, 5.74) is 1.92. The van der Waals surface area contributed by atoms with E-state index < -0.39 is 15.8 Å². The largest absolute Gasteiger partial charge is 0.490 e. The standard InChI is InChI=1S/C18H18FNO4S/c19-15-4-1-2-5-18(15)25(21,22)20-7-6-13-10-16-17(11-14(13)12-20)24-9-3-8-23-16/h1-2,4-5,10-11H,3,6-9,12H2. The van der Waals surface area contributed by atoms with Gasteiger partial charge in [-0.3, -0.25) is 0 Å². The average molecular weight is 363 g/mol. The summed E-state index contributed by atoms with van der Waals surface area (Å²) in [6, 6.07) is 9.25. The second-order valence-electron chi connectivity index (χ2n) is 6.14. The van der Waals surface area contributed by atoms with Crippen molar-refractivity contribution in [1.82, 2.24) is 4.31 Å². The Bertz CT molecular complexity index is 913. The molecule has 0 atom stereocenters. The van der Waals surface area contributed by atoms with Crippen molar-refractivity contribution in [2.75, 3.05) is 19.8 Å². The molecule has 7 heteroatoms. The molecule has 2 aromatic carbocycles. The van der Waals surface area contributed by atoms with E-state index in [0.717, 1.165) is 23.6 Å². The second-order valence-corrected chi connectivity index (χ2v) is 8.04. The van der Waals surface area contributed by atoms with Gasteiger partial charge in [-0.15, -0.1) is 0 Å². The summed E-state index contributed by atoms with van der Waals surface area (Å²) in [6.45, 7) is 1.69. The van der Waals surface area contributed by atoms with Crippen molar-refractivity contribution in [2.24, 2.45) is 0 Å². The zero-order valence-corrected chi connectivity index (χ0v) is 14.4. The van der Waals surface area contributed by atoms with Gasteiger partial charge in [0.15, 0.2) is 11.5 Å². The minimum absolute atomic E-state index is 0.197. The first-order valence-electron chi connectivity index (χ1n) is 8.22. The van der Waals surface area contributed by atoms with Crippen LogP contribution in [0, 0.1) is 5.82 Å². The third kappa shape index (κ3) is 2.98. The molecule has 2 aromatic rings. The van der Waals surface area contributed by atoms with E-state index in [1.54, 1.807) is 0 Å². The highest BCUT2D eigenvalue weighted by molar-refractivity contribution is 7.89. The lowest BCUT2D eigenvalue weighted by Gasteiger charge is -2.29. The van der Waals surface area contributed by atoms with Crippen LogP contribution in [0.3, 0.4) is 0 Å². The normalized spacial score (nSPS) is 17.6. The molecule has 4 rings (SSSR count). The predicted octanol–water partition coefficient (Wildman–Crippen LogP) is 2.73. The van der Waals surface area contributed by atoms with E-state index in [1.165, 1.54) is 22.5 Å². The van der Waals surface area contributed by atoms with E-state index in [0.29, 0.717) is 37.7 Å². The smallest absolute Gasteiger partial charge is 0.246 e. The van der Waals surface area contributed by atoms with Gasteiger partial charge >= 0.3 is 0 Å². The summed E-state index contributed by atoms with van der Waals surface area (Å²) in [5, 5.41) is 0. The van der Waals surface area contributed by atoms with Gasteiger partial charge in [-0.25, -0.2) is 12.8 Å². The van der Waals surface area contributed by atoms with E-state index in [4.69, 9.17) is 9.47 Å². The van der Waals surface area contributed by atoms with Crippen molar-refractivity contribution in [1.29, 1.82) is 0 Å². The number of benzene rings is 2. The molecule has 5 nitrogen and oxygen atoms in total. The van der Waals surface area contributed by atoms with Crippen molar-refractivity contribution in [2.45, 2.75) is 24.3 Å². The summed E-state index contributed by atoms with van der Waals surface area (Å²) in [7, 11) is -3.88. The number of nitrogens with zero attached hydrogens (tertiary/aromatic N) is 1. The number of hydrogen-bond donors (Lipinski definition) is 0. The molecule has 0 radical (unpaired) electrons. The Hall–Kier alpha value is -2.12. The number of sulfonamides is 1. The van der Waals surface area contributed by atoms with Gasteiger partial charge in [0.05, 0.1) is 13.2 Å². The highest BCUT2D eigenvalue weighted by atomic mass is 32.2. The maximum absolute atomic E-state index is 14.0. The molecule has 2 aliphatic rings. The number of halogens is 1. The number of fused-ring (bicyclic) bond motifs is 2. The maximum atomic E-state index is 14.0. The van der Waals surface area contributed by atoms with Gasteiger partial charge < -0.3 is 9.47 Å². The van der Waals surface area contributed by atoms with E-state index in [-0.39, 0.29) is 11.4 Å². The average Bonchev–Trinajstić information content (AvgIpc) is 2.84. The number of ether oxygens (including phenoxy) is 2. The second kappa shape index (κ2) is 6.31. The molecule has 0 aromatic heterocycles. The van der Waals surface area contributed by atoms with Crippen LogP contribution in [-0.4, -0.2) is 32.5 Å². The zero-order chi connectivity index (χ0) is 17.4. The van der Waals surface area contributed by atoms with Crippen molar-refractivity contribution < 1.29 is 22.3 Å². The van der Waals surface area contributed by atoms with E-state index in [9.17, 15) is 12.8 Å². The van der Waals surface area contributed by atoms with Gasteiger partial charge in [-0.2, -0.15) is 4.31 Å². The lowest BCUT2D eigenvalue weighted by molar-refractivity contribution is 0.297. The van der Waals surface area contributed by atoms with Crippen molar-refractivity contribution in [3.63, 3.8) is 0 Å². The molecular weight excluding hydrogens is 345 g/mol. The highest BCUT2D eigenvalue weighted by Gasteiger charge is 2.31. The summed E-state index contributed by atoms with van der Waals surface area (Å²) in [5.74, 6) is 0.620. The van der Waals surface area contributed by atoms with Crippen LogP contribution < -0.4 is 9.47 Å². The number of rotatable bonds is 2. The molecule has 0 spiro atoms. The van der Waals surface area contributed by atoms with E-state index in [2.05, 4.69) is 0 Å². The third-order valence-electron chi connectivity index (χ3n) is 4.50. The van der Waals surface area contributed by atoms with Crippen molar-refractivity contribution in [3.8, 4) is 11.5 Å². The number of hydrogen-bond acceptors (Lipinski definition) is 4. The molecule has 2 heterocycles. The third-order valence-corrected chi connectivity index (χ3v) is 6.38. The molecule has 132 valence electrons. The summed E-state index contributed by atoms with van der Waals surface area (Å²) >= 11 is 0. The molecule has 0 saturated heterocycles. The maximum Gasteiger partial charge on any atom is 0.246 e. The Labute approximate surface area is 146 Å². The fourth-order valence-electron chi connectivity index (χ4n) is 3.19. The summed E-state index contributed by atoms with van der Waals surface area (Å²) in [4.78, 5) is -0.284. The first-order chi connectivity index (χ1) is 12.1. The molecule has 0 aliphatic carbocycles. The quantitative estimate of drug-likeness (QED) is 0.823. The molecular formula is C18H18FNO4S. The van der Waals surface area contributed by atoms with Crippen LogP contribution in [0.1, 0.15) is 17.5 Å². The molecule has 0 fully saturated rings. The molecule has 2 aliphatic heterocycles. The predicted molar refractivity (Wildman–Crippen MR) is 89.7 cm³/mol. The highest BCUT2D eigenvalue weighted by Crippen LogP contribution is 2.36. The SMILES string of the molecule is O=S(=O)(c1ccccc1F)N1CCc2cc3c(cc2C1)OCCCO3. The minimum Gasteiger partial charge on any atom is -0.490 e. The lowest BCUT2D eigenvalue weighted by Crippen LogP contribution is -2.36. The summed E-state index contributed by atoms with van der Waals surface area (Å²) in [6.07, 6.45) is 1.37. The summed E-state index contributed by atoms with van der Waals surface area (Å²) < 4.78 is 52.2. The van der Waals surface area contributed by atoms with Crippen LogP contribution >= 0.6 is 0 Å². The molecule has 0 saturated carbocycles. The Kier molecular flexibility index (Phi) is 4.13. The molecule has 0 bridgehead atoms. The Morgan fingerprint density at radius 1 is 1.00 bits per heavy atom. The molecule has 0 N–H and O–H groups in total. The zero-order valence-electron chi connectivity index (χ0n) is 13.6. The first-order valence-corrected chi connectivity index (χ1v) is 9.66. The van der Waals surface area contributed by atoms with Crippen LogP contribution in [0.25, 0.3) is 0 Å². The van der Waals surface area contributed by atoms with Gasteiger partial charge in [0.1, 0.15) is 10.7 Å². The minimum atomic E-state index is -3.88. The van der Waals surface area contributed by atoms with Crippen molar-refractivity contribution in [3.05, 3.63) is 53.3 Å². The Morgan fingerprint density at radius 3 is 2.40 bits per heavy atom. The lowest BCUT2D eigenvalue weighted by atomic mass is 10.0. The van der Waals surface area contributed by atoms with Gasteiger partial charge in [0, 0.05) is 19.5 Å². The van der Waals surface area contributed by atoms with Crippen LogP contribution in [0.15, 0.2) is 41.3 Å². The molecule has 0 unspecified atom stereocenters. The monoisotopic (exact) mass is 363 g/mol. The first kappa shape index (κ1) is 16.4. The fraction of sp³-hybridized carbons (Fsp3) is 0.333. The fourth-order valence-corrected chi connectivity index (χ4v) is 4.67. The van der Waals surface area contributed by atoms with Crippen LogP contribution in [-0.2, 0) is 23.0 Å². The molecule has 25 heavy (non-hydrogen) atoms. The topological polar surface area (TPSA) is 55.8 Å². The molecule has 0 amide bonds. The van der Waals surface area contributed by atoms with E-state index in [1.807, 2.05) is 12.1 Å². The Morgan fingerprint density at radius 2 is 1.68 bits per heavy atom. The van der Waals surface area contributed by atoms with Gasteiger partial charge in [-0.05, 0) is 41.8 Å².